The Morgan fingerprint density at radius 3 is 3.00 bits per heavy atom. The van der Waals surface area contributed by atoms with E-state index in [4.69, 9.17) is 9.84 Å². The standard InChI is InChI=1S/C10H12O3/c11-4-7-8-5-1-2-6(3-5)9(8)10(12)13-7/h1-2,5-9,11H,3-4H2/t5-,6+,7-,8-,9-/m0/s1. The maximum atomic E-state index is 11.4. The Morgan fingerprint density at radius 2 is 2.23 bits per heavy atom. The second kappa shape index (κ2) is 2.35. The van der Waals surface area contributed by atoms with Crippen molar-refractivity contribution in [2.75, 3.05) is 6.61 Å². The highest BCUT2D eigenvalue weighted by Crippen LogP contribution is 2.53. The molecule has 3 rings (SSSR count). The molecule has 3 aliphatic rings. The van der Waals surface area contributed by atoms with E-state index in [9.17, 15) is 4.79 Å². The molecule has 5 atom stereocenters. The average Bonchev–Trinajstić information content (AvgIpc) is 2.76. The van der Waals surface area contributed by atoms with E-state index in [0.717, 1.165) is 6.42 Å². The molecular formula is C10H12O3. The van der Waals surface area contributed by atoms with Crippen molar-refractivity contribution in [1.29, 1.82) is 0 Å². The normalized spacial score (nSPS) is 51.2. The molecule has 0 radical (unpaired) electrons. The Labute approximate surface area is 76.4 Å². The summed E-state index contributed by atoms with van der Waals surface area (Å²) in [5.41, 5.74) is 0. The quantitative estimate of drug-likeness (QED) is 0.467. The van der Waals surface area contributed by atoms with Crippen LogP contribution >= 0.6 is 0 Å². The van der Waals surface area contributed by atoms with Crippen LogP contribution in [0.3, 0.4) is 0 Å². The van der Waals surface area contributed by atoms with Crippen LogP contribution < -0.4 is 0 Å². The highest BCUT2D eigenvalue weighted by molar-refractivity contribution is 5.77. The Balaban J connectivity index is 1.97. The molecule has 0 aromatic carbocycles. The molecule has 1 aliphatic heterocycles. The smallest absolute Gasteiger partial charge is 0.310 e. The van der Waals surface area contributed by atoms with Gasteiger partial charge in [-0.05, 0) is 18.3 Å². The maximum Gasteiger partial charge on any atom is 0.310 e. The van der Waals surface area contributed by atoms with Gasteiger partial charge in [0.05, 0.1) is 12.5 Å². The Kier molecular flexibility index (Phi) is 1.37. The van der Waals surface area contributed by atoms with Crippen LogP contribution in [0.2, 0.25) is 0 Å². The Bertz CT molecular complexity index is 284. The molecule has 1 saturated heterocycles. The van der Waals surface area contributed by atoms with E-state index in [1.54, 1.807) is 0 Å². The van der Waals surface area contributed by atoms with Crippen LogP contribution in [0.5, 0.6) is 0 Å². The number of carbonyl (C=O) groups excluding carboxylic acids is 1. The average molecular weight is 180 g/mol. The lowest BCUT2D eigenvalue weighted by Crippen LogP contribution is -2.27. The molecule has 1 heterocycles. The lowest BCUT2D eigenvalue weighted by Gasteiger charge is -2.19. The third kappa shape index (κ3) is 0.804. The monoisotopic (exact) mass is 180 g/mol. The van der Waals surface area contributed by atoms with E-state index in [-0.39, 0.29) is 30.5 Å². The fourth-order valence-electron chi connectivity index (χ4n) is 3.16. The molecule has 70 valence electrons. The number of rotatable bonds is 1. The van der Waals surface area contributed by atoms with E-state index < -0.39 is 0 Å². The third-order valence-electron chi connectivity index (χ3n) is 3.67. The van der Waals surface area contributed by atoms with Gasteiger partial charge in [-0.3, -0.25) is 4.79 Å². The van der Waals surface area contributed by atoms with Crippen LogP contribution in [0, 0.1) is 23.7 Å². The molecule has 2 fully saturated rings. The SMILES string of the molecule is O=C1O[C@@H](CO)[C@H]2[C@@H]1[C@@H]1C=C[C@H]2C1. The summed E-state index contributed by atoms with van der Waals surface area (Å²) < 4.78 is 5.13. The van der Waals surface area contributed by atoms with Gasteiger partial charge in [-0.2, -0.15) is 0 Å². The zero-order chi connectivity index (χ0) is 9.00. The van der Waals surface area contributed by atoms with Crippen molar-refractivity contribution in [1.82, 2.24) is 0 Å². The Morgan fingerprint density at radius 1 is 1.46 bits per heavy atom. The summed E-state index contributed by atoms with van der Waals surface area (Å²) in [4.78, 5) is 11.4. The van der Waals surface area contributed by atoms with Gasteiger partial charge in [0.15, 0.2) is 0 Å². The number of carbonyl (C=O) groups is 1. The summed E-state index contributed by atoms with van der Waals surface area (Å²) in [6, 6.07) is 0. The van der Waals surface area contributed by atoms with Crippen molar-refractivity contribution in [2.24, 2.45) is 23.7 Å². The minimum Gasteiger partial charge on any atom is -0.459 e. The second-order valence-corrected chi connectivity index (χ2v) is 4.21. The first kappa shape index (κ1) is 7.56. The summed E-state index contributed by atoms with van der Waals surface area (Å²) >= 11 is 0. The van der Waals surface area contributed by atoms with E-state index in [0.29, 0.717) is 11.8 Å². The van der Waals surface area contributed by atoms with Crippen LogP contribution in [-0.4, -0.2) is 23.8 Å². The van der Waals surface area contributed by atoms with Crippen LogP contribution in [0.25, 0.3) is 0 Å². The highest BCUT2D eigenvalue weighted by Gasteiger charge is 2.57. The first-order chi connectivity index (χ1) is 6.31. The molecule has 3 heteroatoms. The summed E-state index contributed by atoms with van der Waals surface area (Å²) in [5.74, 6) is 1.07. The molecule has 0 aromatic heterocycles. The van der Waals surface area contributed by atoms with Gasteiger partial charge in [0.1, 0.15) is 6.10 Å². The van der Waals surface area contributed by atoms with E-state index in [1.807, 2.05) is 0 Å². The zero-order valence-electron chi connectivity index (χ0n) is 7.22. The van der Waals surface area contributed by atoms with Gasteiger partial charge >= 0.3 is 5.97 Å². The fourth-order valence-corrected chi connectivity index (χ4v) is 3.16. The first-order valence-electron chi connectivity index (χ1n) is 4.81. The molecule has 2 aliphatic carbocycles. The number of ether oxygens (including phenoxy) is 1. The number of aliphatic hydroxyl groups is 1. The molecular weight excluding hydrogens is 168 g/mol. The second-order valence-electron chi connectivity index (χ2n) is 4.21. The van der Waals surface area contributed by atoms with Gasteiger partial charge in [0, 0.05) is 5.92 Å². The van der Waals surface area contributed by atoms with Crippen LogP contribution in [-0.2, 0) is 9.53 Å². The van der Waals surface area contributed by atoms with Crippen molar-refractivity contribution in [3.8, 4) is 0 Å². The molecule has 0 unspecified atom stereocenters. The van der Waals surface area contributed by atoms with Crippen LogP contribution in [0.15, 0.2) is 12.2 Å². The number of fused-ring (bicyclic) bond motifs is 5. The van der Waals surface area contributed by atoms with Crippen molar-refractivity contribution in [3.05, 3.63) is 12.2 Å². The maximum absolute atomic E-state index is 11.4. The highest BCUT2D eigenvalue weighted by atomic mass is 16.6. The van der Waals surface area contributed by atoms with Crippen molar-refractivity contribution in [2.45, 2.75) is 12.5 Å². The van der Waals surface area contributed by atoms with E-state index in [1.165, 1.54) is 0 Å². The van der Waals surface area contributed by atoms with Gasteiger partial charge in [-0.1, -0.05) is 12.2 Å². The van der Waals surface area contributed by atoms with Crippen molar-refractivity contribution in [3.63, 3.8) is 0 Å². The minimum absolute atomic E-state index is 0.0238. The molecule has 1 saturated carbocycles. The molecule has 0 spiro atoms. The van der Waals surface area contributed by atoms with Crippen molar-refractivity contribution < 1.29 is 14.6 Å². The fraction of sp³-hybridized carbons (Fsp3) is 0.700. The largest absolute Gasteiger partial charge is 0.459 e. The Hall–Kier alpha value is -0.830. The molecule has 3 nitrogen and oxygen atoms in total. The number of hydrogen-bond donors (Lipinski definition) is 1. The summed E-state index contributed by atoms with van der Waals surface area (Å²) in [6.45, 7) is -0.0238. The lowest BCUT2D eigenvalue weighted by molar-refractivity contribution is -0.146. The molecule has 0 aromatic rings. The van der Waals surface area contributed by atoms with Gasteiger partial charge in [-0.15, -0.1) is 0 Å². The summed E-state index contributed by atoms with van der Waals surface area (Å²) in [5, 5.41) is 9.06. The topological polar surface area (TPSA) is 46.5 Å². The van der Waals surface area contributed by atoms with Crippen LogP contribution in [0.1, 0.15) is 6.42 Å². The third-order valence-corrected chi connectivity index (χ3v) is 3.67. The van der Waals surface area contributed by atoms with Crippen LogP contribution in [0.4, 0.5) is 0 Å². The number of aliphatic hydroxyl groups excluding tert-OH is 1. The first-order valence-corrected chi connectivity index (χ1v) is 4.81. The summed E-state index contributed by atoms with van der Waals surface area (Å²) in [7, 11) is 0. The minimum atomic E-state index is -0.238. The lowest BCUT2D eigenvalue weighted by atomic mass is 9.82. The van der Waals surface area contributed by atoms with E-state index >= 15 is 0 Å². The molecule has 0 amide bonds. The predicted molar refractivity (Wildman–Crippen MR) is 44.7 cm³/mol. The summed E-state index contributed by atoms with van der Waals surface area (Å²) in [6.07, 6.45) is 5.15. The number of hydrogen-bond acceptors (Lipinski definition) is 3. The number of esters is 1. The molecule has 13 heavy (non-hydrogen) atoms. The van der Waals surface area contributed by atoms with E-state index in [2.05, 4.69) is 12.2 Å². The van der Waals surface area contributed by atoms with Gasteiger partial charge in [-0.25, -0.2) is 0 Å². The van der Waals surface area contributed by atoms with Gasteiger partial charge < -0.3 is 9.84 Å². The zero-order valence-corrected chi connectivity index (χ0v) is 7.22. The molecule has 1 N–H and O–H groups in total. The van der Waals surface area contributed by atoms with Gasteiger partial charge in [0.25, 0.3) is 0 Å². The van der Waals surface area contributed by atoms with Crippen molar-refractivity contribution >= 4 is 5.97 Å². The molecule has 2 bridgehead atoms. The number of allylic oxidation sites excluding steroid dienone is 2. The van der Waals surface area contributed by atoms with Gasteiger partial charge in [0.2, 0.25) is 0 Å². The predicted octanol–water partition coefficient (Wildman–Crippen LogP) is 0.342. The number of cyclic esters (lactones) is 1.